The molecule has 3 rings (SSSR count). The van der Waals surface area contributed by atoms with Crippen LogP contribution in [0.2, 0.25) is 0 Å². The summed E-state index contributed by atoms with van der Waals surface area (Å²) in [6.45, 7) is 4.43. The molecule has 0 unspecified atom stereocenters. The van der Waals surface area contributed by atoms with Crippen molar-refractivity contribution in [2.75, 3.05) is 18.7 Å². The first-order valence-corrected chi connectivity index (χ1v) is 8.19. The smallest absolute Gasteiger partial charge is 0.259 e. The Morgan fingerprint density at radius 3 is 2.64 bits per heavy atom. The average Bonchev–Trinajstić information content (AvgIpc) is 3.08. The quantitative estimate of drug-likeness (QED) is 0.627. The molecule has 0 fully saturated rings. The fourth-order valence-corrected chi connectivity index (χ4v) is 2.49. The van der Waals surface area contributed by atoms with Crippen LogP contribution in [0.1, 0.15) is 19.4 Å². The number of nitrogens with zero attached hydrogens (tertiary/aromatic N) is 1. The van der Waals surface area contributed by atoms with Gasteiger partial charge >= 0.3 is 0 Å². The molecule has 130 valence electrons. The summed E-state index contributed by atoms with van der Waals surface area (Å²) in [5.41, 5.74) is 5.25. The zero-order chi connectivity index (χ0) is 17.6. The average molecular weight is 339 g/mol. The third kappa shape index (κ3) is 4.29. The van der Waals surface area contributed by atoms with E-state index in [9.17, 15) is 4.79 Å². The highest BCUT2D eigenvalue weighted by Crippen LogP contribution is 2.34. The van der Waals surface area contributed by atoms with Crippen LogP contribution in [0, 0.1) is 5.92 Å². The molecule has 0 saturated heterocycles. The van der Waals surface area contributed by atoms with Gasteiger partial charge in [-0.2, -0.15) is 5.10 Å². The summed E-state index contributed by atoms with van der Waals surface area (Å²) in [4.78, 5) is 12.1. The van der Waals surface area contributed by atoms with Gasteiger partial charge in [0.2, 0.25) is 6.79 Å². The van der Waals surface area contributed by atoms with E-state index in [0.717, 1.165) is 17.0 Å². The molecule has 1 heterocycles. The van der Waals surface area contributed by atoms with E-state index in [2.05, 4.69) is 15.8 Å². The van der Waals surface area contributed by atoms with Gasteiger partial charge in [0, 0.05) is 11.8 Å². The molecule has 0 atom stereocenters. The molecule has 6 nitrogen and oxygen atoms in total. The Bertz CT molecular complexity index is 773. The Morgan fingerprint density at radius 2 is 1.88 bits per heavy atom. The van der Waals surface area contributed by atoms with Crippen molar-refractivity contribution in [2.45, 2.75) is 13.8 Å². The van der Waals surface area contributed by atoms with Crippen LogP contribution in [0.5, 0.6) is 11.5 Å². The van der Waals surface area contributed by atoms with Crippen molar-refractivity contribution in [3.63, 3.8) is 0 Å². The number of nitrogens with one attached hydrogen (secondary N) is 2. The number of hydrogen-bond donors (Lipinski definition) is 2. The van der Waals surface area contributed by atoms with Gasteiger partial charge in [-0.1, -0.05) is 44.2 Å². The topological polar surface area (TPSA) is 72.0 Å². The van der Waals surface area contributed by atoms with Crippen molar-refractivity contribution in [3.8, 4) is 11.5 Å². The van der Waals surface area contributed by atoms with E-state index in [4.69, 9.17) is 9.47 Å². The summed E-state index contributed by atoms with van der Waals surface area (Å²) in [5, 5.41) is 7.35. The maximum atomic E-state index is 12.1. The number of carbonyl (C=O) groups excluding carboxylic acids is 1. The summed E-state index contributed by atoms with van der Waals surface area (Å²) in [6.07, 6.45) is 0. The highest BCUT2D eigenvalue weighted by atomic mass is 16.7. The molecule has 0 spiro atoms. The van der Waals surface area contributed by atoms with E-state index in [0.29, 0.717) is 11.5 Å². The molecule has 0 bridgehead atoms. The van der Waals surface area contributed by atoms with Crippen LogP contribution in [-0.2, 0) is 4.79 Å². The van der Waals surface area contributed by atoms with Crippen molar-refractivity contribution < 1.29 is 14.3 Å². The maximum Gasteiger partial charge on any atom is 0.259 e. The molecule has 1 amide bonds. The zero-order valence-corrected chi connectivity index (χ0v) is 14.3. The van der Waals surface area contributed by atoms with Gasteiger partial charge in [0.25, 0.3) is 5.91 Å². The van der Waals surface area contributed by atoms with Gasteiger partial charge in [-0.3, -0.25) is 4.79 Å². The summed E-state index contributed by atoms with van der Waals surface area (Å²) in [5.74, 6) is 1.37. The van der Waals surface area contributed by atoms with Gasteiger partial charge in [-0.15, -0.1) is 0 Å². The number of rotatable bonds is 6. The Hall–Kier alpha value is -3.02. The molecule has 0 aromatic heterocycles. The third-order valence-electron chi connectivity index (χ3n) is 3.74. The largest absolute Gasteiger partial charge is 0.454 e. The first-order valence-electron chi connectivity index (χ1n) is 8.19. The van der Waals surface area contributed by atoms with Crippen LogP contribution in [0.15, 0.2) is 53.6 Å². The highest BCUT2D eigenvalue weighted by Gasteiger charge is 2.13. The second-order valence-corrected chi connectivity index (χ2v) is 5.97. The van der Waals surface area contributed by atoms with Gasteiger partial charge in [-0.25, -0.2) is 5.43 Å². The van der Waals surface area contributed by atoms with Crippen LogP contribution in [0.3, 0.4) is 0 Å². The Kier molecular flexibility index (Phi) is 5.18. The second kappa shape index (κ2) is 7.70. The van der Waals surface area contributed by atoms with Crippen LogP contribution in [0.25, 0.3) is 0 Å². The van der Waals surface area contributed by atoms with Crippen LogP contribution in [0.4, 0.5) is 5.69 Å². The minimum absolute atomic E-state index is 0.114. The Labute approximate surface area is 146 Å². The molecular weight excluding hydrogens is 318 g/mol. The van der Waals surface area contributed by atoms with Gasteiger partial charge in [0.05, 0.1) is 12.3 Å². The molecule has 2 aromatic rings. The Balaban J connectivity index is 1.58. The van der Waals surface area contributed by atoms with Gasteiger partial charge < -0.3 is 14.8 Å². The van der Waals surface area contributed by atoms with Crippen molar-refractivity contribution in [3.05, 3.63) is 54.1 Å². The predicted octanol–water partition coefficient (Wildman–Crippen LogP) is 3.00. The van der Waals surface area contributed by atoms with Crippen molar-refractivity contribution >= 4 is 17.3 Å². The number of benzene rings is 2. The monoisotopic (exact) mass is 339 g/mol. The van der Waals surface area contributed by atoms with Crippen molar-refractivity contribution in [2.24, 2.45) is 11.0 Å². The standard InChI is InChI=1S/C19H21N3O3/c1-13(2)19(14-6-4-3-5-7-14)22-21-18(23)11-20-15-8-9-16-17(10-15)25-12-24-16/h3-10,13,20H,11-12H2,1-2H3,(H,21,23)/b22-19+. The van der Waals surface area contributed by atoms with E-state index in [1.165, 1.54) is 0 Å². The zero-order valence-electron chi connectivity index (χ0n) is 14.3. The van der Waals surface area contributed by atoms with Crippen LogP contribution < -0.4 is 20.2 Å². The fraction of sp³-hybridized carbons (Fsp3) is 0.263. The SMILES string of the molecule is CC(C)/C(=N\NC(=O)CNc1ccc2c(c1)OCO2)c1ccccc1. The van der Waals surface area contributed by atoms with Crippen molar-refractivity contribution in [1.29, 1.82) is 0 Å². The summed E-state index contributed by atoms with van der Waals surface area (Å²) < 4.78 is 10.6. The lowest BCUT2D eigenvalue weighted by Gasteiger charge is -2.11. The fourth-order valence-electron chi connectivity index (χ4n) is 2.49. The number of hydrogen-bond acceptors (Lipinski definition) is 5. The predicted molar refractivity (Wildman–Crippen MR) is 97.0 cm³/mol. The molecule has 2 aromatic carbocycles. The highest BCUT2D eigenvalue weighted by molar-refractivity contribution is 6.02. The van der Waals surface area contributed by atoms with Crippen molar-refractivity contribution in [1.82, 2.24) is 5.43 Å². The third-order valence-corrected chi connectivity index (χ3v) is 3.74. The van der Waals surface area contributed by atoms with E-state index in [1.54, 1.807) is 0 Å². The van der Waals surface area contributed by atoms with Crippen LogP contribution >= 0.6 is 0 Å². The number of amides is 1. The Morgan fingerprint density at radius 1 is 1.12 bits per heavy atom. The van der Waals surface area contributed by atoms with E-state index in [1.807, 2.05) is 62.4 Å². The van der Waals surface area contributed by atoms with Gasteiger partial charge in [0.1, 0.15) is 0 Å². The van der Waals surface area contributed by atoms with Gasteiger partial charge in [0.15, 0.2) is 11.5 Å². The van der Waals surface area contributed by atoms with E-state index >= 15 is 0 Å². The number of anilines is 1. The van der Waals surface area contributed by atoms with E-state index in [-0.39, 0.29) is 25.2 Å². The lowest BCUT2D eigenvalue weighted by Crippen LogP contribution is -2.28. The molecular formula is C19H21N3O3. The number of ether oxygens (including phenoxy) is 2. The molecule has 0 radical (unpaired) electrons. The molecule has 1 aliphatic heterocycles. The van der Waals surface area contributed by atoms with Crippen LogP contribution in [-0.4, -0.2) is 25.0 Å². The lowest BCUT2D eigenvalue weighted by atomic mass is 10.0. The number of hydrazone groups is 1. The van der Waals surface area contributed by atoms with Gasteiger partial charge in [-0.05, 0) is 23.6 Å². The minimum Gasteiger partial charge on any atom is -0.454 e. The lowest BCUT2D eigenvalue weighted by molar-refractivity contribution is -0.119. The second-order valence-electron chi connectivity index (χ2n) is 5.97. The molecule has 1 aliphatic rings. The summed E-state index contributed by atoms with van der Waals surface area (Å²) >= 11 is 0. The molecule has 0 aliphatic carbocycles. The number of fused-ring (bicyclic) bond motifs is 1. The molecule has 6 heteroatoms. The minimum atomic E-state index is -0.216. The summed E-state index contributed by atoms with van der Waals surface area (Å²) in [7, 11) is 0. The number of carbonyl (C=O) groups is 1. The molecule has 0 saturated carbocycles. The summed E-state index contributed by atoms with van der Waals surface area (Å²) in [6, 6.07) is 15.3. The first kappa shape index (κ1) is 16.8. The maximum absolute atomic E-state index is 12.1. The normalized spacial score (nSPS) is 13.0. The molecule has 2 N–H and O–H groups in total. The van der Waals surface area contributed by atoms with E-state index < -0.39 is 0 Å². The first-order chi connectivity index (χ1) is 12.1. The molecule has 25 heavy (non-hydrogen) atoms.